The number of fused-ring (bicyclic) bond motifs is 1. The first-order chi connectivity index (χ1) is 8.78. The molecule has 2 nitrogen and oxygen atoms in total. The molecule has 0 amide bonds. The molecule has 18 heavy (non-hydrogen) atoms. The fourth-order valence-electron chi connectivity index (χ4n) is 2.92. The monoisotopic (exact) mass is 247 g/mol. The summed E-state index contributed by atoms with van der Waals surface area (Å²) in [7, 11) is 1.74. The zero-order valence-corrected chi connectivity index (χ0v) is 11.8. The molecule has 2 rings (SSSR count). The Kier molecular flexibility index (Phi) is 4.65. The summed E-state index contributed by atoms with van der Waals surface area (Å²) in [5.74, 6) is 1.81. The first-order valence-electron chi connectivity index (χ1n) is 7.18. The molecule has 100 valence electrons. The minimum Gasteiger partial charge on any atom is -0.497 e. The highest BCUT2D eigenvalue weighted by Crippen LogP contribution is 2.32. The Balaban J connectivity index is 2.17. The Morgan fingerprint density at radius 2 is 2.11 bits per heavy atom. The molecule has 1 atom stereocenters. The van der Waals surface area contributed by atoms with Crippen LogP contribution in [0.15, 0.2) is 18.2 Å². The number of nitrogens with one attached hydrogen (secondary N) is 1. The number of hydrogen-bond donors (Lipinski definition) is 1. The topological polar surface area (TPSA) is 21.3 Å². The largest absolute Gasteiger partial charge is 0.497 e. The highest BCUT2D eigenvalue weighted by Gasteiger charge is 2.22. The van der Waals surface area contributed by atoms with Gasteiger partial charge in [0.2, 0.25) is 0 Å². The number of rotatable bonds is 5. The van der Waals surface area contributed by atoms with E-state index in [0.29, 0.717) is 6.04 Å². The van der Waals surface area contributed by atoms with Gasteiger partial charge in [-0.2, -0.15) is 0 Å². The summed E-state index contributed by atoms with van der Waals surface area (Å²) in [4.78, 5) is 0. The van der Waals surface area contributed by atoms with Crippen LogP contribution in [-0.2, 0) is 6.42 Å². The molecule has 1 aromatic rings. The lowest BCUT2D eigenvalue weighted by atomic mass is 9.86. The van der Waals surface area contributed by atoms with Crippen molar-refractivity contribution >= 4 is 0 Å². The van der Waals surface area contributed by atoms with Gasteiger partial charge in [0.25, 0.3) is 0 Å². The van der Waals surface area contributed by atoms with Crippen molar-refractivity contribution in [3.63, 3.8) is 0 Å². The molecular weight excluding hydrogens is 222 g/mol. The van der Waals surface area contributed by atoms with Gasteiger partial charge in [0.1, 0.15) is 5.75 Å². The van der Waals surface area contributed by atoms with Crippen LogP contribution in [-0.4, -0.2) is 13.7 Å². The van der Waals surface area contributed by atoms with E-state index in [9.17, 15) is 0 Å². The summed E-state index contributed by atoms with van der Waals surface area (Å²) in [6, 6.07) is 7.07. The fraction of sp³-hybridized carbons (Fsp3) is 0.625. The predicted octanol–water partition coefficient (Wildman–Crippen LogP) is 3.71. The van der Waals surface area contributed by atoms with Crippen LogP contribution in [0.4, 0.5) is 0 Å². The molecule has 0 saturated heterocycles. The minimum absolute atomic E-state index is 0.532. The Labute approximate surface area is 111 Å². The maximum absolute atomic E-state index is 5.32. The van der Waals surface area contributed by atoms with E-state index in [1.165, 1.54) is 30.4 Å². The second-order valence-corrected chi connectivity index (χ2v) is 5.24. The van der Waals surface area contributed by atoms with Crippen LogP contribution in [0.1, 0.15) is 50.3 Å². The third-order valence-corrected chi connectivity index (χ3v) is 4.23. The van der Waals surface area contributed by atoms with E-state index >= 15 is 0 Å². The van der Waals surface area contributed by atoms with Crippen LogP contribution in [0.3, 0.4) is 0 Å². The molecule has 1 N–H and O–H groups in total. The second kappa shape index (κ2) is 6.24. The van der Waals surface area contributed by atoms with Crippen LogP contribution >= 0.6 is 0 Å². The van der Waals surface area contributed by atoms with Crippen molar-refractivity contribution in [3.8, 4) is 5.75 Å². The van der Waals surface area contributed by atoms with Gasteiger partial charge in [0.05, 0.1) is 7.11 Å². The lowest BCUT2D eigenvalue weighted by molar-refractivity contribution is 0.360. The zero-order chi connectivity index (χ0) is 13.0. The van der Waals surface area contributed by atoms with Crippen molar-refractivity contribution in [1.82, 2.24) is 5.32 Å². The van der Waals surface area contributed by atoms with Crippen LogP contribution in [0.5, 0.6) is 5.75 Å². The van der Waals surface area contributed by atoms with Crippen LogP contribution < -0.4 is 10.1 Å². The molecule has 1 unspecified atom stereocenters. The number of benzene rings is 1. The molecule has 1 aromatic carbocycles. The van der Waals surface area contributed by atoms with Crippen LogP contribution in [0.2, 0.25) is 0 Å². The third-order valence-electron chi connectivity index (χ3n) is 4.23. The maximum Gasteiger partial charge on any atom is 0.119 e. The van der Waals surface area contributed by atoms with Gasteiger partial charge in [0, 0.05) is 6.04 Å². The summed E-state index contributed by atoms with van der Waals surface area (Å²) in [5, 5.41) is 3.67. The number of ether oxygens (including phenoxy) is 1. The zero-order valence-electron chi connectivity index (χ0n) is 11.8. The van der Waals surface area contributed by atoms with Gasteiger partial charge in [-0.15, -0.1) is 0 Å². The van der Waals surface area contributed by atoms with Gasteiger partial charge in [-0.25, -0.2) is 0 Å². The van der Waals surface area contributed by atoms with Crippen molar-refractivity contribution < 1.29 is 4.74 Å². The molecule has 1 aliphatic heterocycles. The molecule has 0 saturated carbocycles. The van der Waals surface area contributed by atoms with Crippen LogP contribution in [0, 0.1) is 5.92 Å². The van der Waals surface area contributed by atoms with E-state index in [4.69, 9.17) is 4.74 Å². The average molecular weight is 247 g/mol. The quantitative estimate of drug-likeness (QED) is 0.856. The van der Waals surface area contributed by atoms with E-state index in [1.54, 1.807) is 7.11 Å². The lowest BCUT2D eigenvalue weighted by Crippen LogP contribution is -2.31. The van der Waals surface area contributed by atoms with Crippen molar-refractivity contribution in [1.29, 1.82) is 0 Å². The molecule has 0 radical (unpaired) electrons. The van der Waals surface area contributed by atoms with E-state index in [0.717, 1.165) is 24.6 Å². The third kappa shape index (κ3) is 2.86. The van der Waals surface area contributed by atoms with Gasteiger partial charge in [-0.05, 0) is 48.6 Å². The van der Waals surface area contributed by atoms with Crippen molar-refractivity contribution in [2.45, 2.75) is 45.6 Å². The molecule has 1 aliphatic rings. The number of methoxy groups -OCH3 is 1. The van der Waals surface area contributed by atoms with Crippen molar-refractivity contribution in [2.24, 2.45) is 5.92 Å². The van der Waals surface area contributed by atoms with Gasteiger partial charge in [0.15, 0.2) is 0 Å². The summed E-state index contributed by atoms with van der Waals surface area (Å²) >= 11 is 0. The van der Waals surface area contributed by atoms with E-state index < -0.39 is 0 Å². The molecule has 2 heteroatoms. The van der Waals surface area contributed by atoms with E-state index in [-0.39, 0.29) is 0 Å². The summed E-state index contributed by atoms with van der Waals surface area (Å²) in [5.41, 5.74) is 2.94. The van der Waals surface area contributed by atoms with Gasteiger partial charge in [-0.1, -0.05) is 32.8 Å². The first kappa shape index (κ1) is 13.4. The normalized spacial score (nSPS) is 18.8. The molecule has 0 aromatic heterocycles. The SMILES string of the molecule is CCC(CC)CC1NCCc2cc(OC)ccc21. The standard InChI is InChI=1S/C16H25NO/c1-4-12(5-2)10-16-15-7-6-14(18-3)11-13(15)8-9-17-16/h6-7,11-12,16-17H,4-5,8-10H2,1-3H3. The van der Waals surface area contributed by atoms with E-state index in [1.807, 2.05) is 0 Å². The lowest BCUT2D eigenvalue weighted by Gasteiger charge is -2.30. The van der Waals surface area contributed by atoms with Crippen molar-refractivity contribution in [2.75, 3.05) is 13.7 Å². The van der Waals surface area contributed by atoms with Crippen molar-refractivity contribution in [3.05, 3.63) is 29.3 Å². The Bertz CT molecular complexity index is 385. The Morgan fingerprint density at radius 1 is 1.33 bits per heavy atom. The minimum atomic E-state index is 0.532. The highest BCUT2D eigenvalue weighted by atomic mass is 16.5. The second-order valence-electron chi connectivity index (χ2n) is 5.24. The molecule has 0 aliphatic carbocycles. The average Bonchev–Trinajstić information content (AvgIpc) is 2.44. The summed E-state index contributed by atoms with van der Waals surface area (Å²) in [6.45, 7) is 5.68. The summed E-state index contributed by atoms with van der Waals surface area (Å²) in [6.07, 6.45) is 4.93. The highest BCUT2D eigenvalue weighted by molar-refractivity contribution is 5.39. The molecule has 0 bridgehead atoms. The van der Waals surface area contributed by atoms with Gasteiger partial charge < -0.3 is 10.1 Å². The van der Waals surface area contributed by atoms with Gasteiger partial charge >= 0.3 is 0 Å². The Morgan fingerprint density at radius 3 is 2.78 bits per heavy atom. The van der Waals surface area contributed by atoms with Gasteiger partial charge in [-0.3, -0.25) is 0 Å². The summed E-state index contributed by atoms with van der Waals surface area (Å²) < 4.78 is 5.32. The molecule has 1 heterocycles. The smallest absolute Gasteiger partial charge is 0.119 e. The predicted molar refractivity (Wildman–Crippen MR) is 76.1 cm³/mol. The maximum atomic E-state index is 5.32. The van der Waals surface area contributed by atoms with Crippen LogP contribution in [0.25, 0.3) is 0 Å². The molecule has 0 spiro atoms. The fourth-order valence-corrected chi connectivity index (χ4v) is 2.92. The molecular formula is C16H25NO. The molecule has 0 fully saturated rings. The van der Waals surface area contributed by atoms with E-state index in [2.05, 4.69) is 37.4 Å². The number of hydrogen-bond acceptors (Lipinski definition) is 2. The Hall–Kier alpha value is -1.02. The first-order valence-corrected chi connectivity index (χ1v) is 7.18.